The molecule has 1 rings (SSSR count). The van der Waals surface area contributed by atoms with Gasteiger partial charge in [0.1, 0.15) is 0 Å². The summed E-state index contributed by atoms with van der Waals surface area (Å²) in [6, 6.07) is 7.44. The average Bonchev–Trinajstić information content (AvgIpc) is 2.72. The number of carbonyl (C=O) groups is 4. The highest BCUT2D eigenvalue weighted by atomic mass is 16.4. The number of carboxylic acid groups (broad SMARTS) is 2. The van der Waals surface area contributed by atoms with Gasteiger partial charge in [-0.2, -0.15) is 0 Å². The molecule has 0 aliphatic heterocycles. The molecule has 0 fully saturated rings. The van der Waals surface area contributed by atoms with Crippen LogP contribution in [0.5, 0.6) is 0 Å². The van der Waals surface area contributed by atoms with Crippen LogP contribution in [0.4, 0.5) is 9.59 Å². The Morgan fingerprint density at radius 2 is 1.27 bits per heavy atom. The van der Waals surface area contributed by atoms with Crippen LogP contribution >= 0.6 is 0 Å². The number of likely N-dealkylation sites (N-methyl/N-ethyl adjacent to an activating group) is 1. The van der Waals surface area contributed by atoms with E-state index in [1.807, 2.05) is 38.1 Å². The maximum Gasteiger partial charge on any atom is 0.407 e. The lowest BCUT2D eigenvalue weighted by Crippen LogP contribution is -2.44. The Hall–Kier alpha value is -3.30. The van der Waals surface area contributed by atoms with Gasteiger partial charge < -0.3 is 29.8 Å². The molecule has 2 N–H and O–H groups in total. The van der Waals surface area contributed by atoms with Crippen LogP contribution in [0.25, 0.3) is 0 Å². The summed E-state index contributed by atoms with van der Waals surface area (Å²) < 4.78 is 0. The van der Waals surface area contributed by atoms with E-state index in [9.17, 15) is 29.4 Å². The Morgan fingerprint density at radius 3 is 1.77 bits per heavy atom. The summed E-state index contributed by atoms with van der Waals surface area (Å²) in [6.45, 7) is 5.25. The minimum Gasteiger partial charge on any atom is -0.465 e. The molecule has 1 aromatic rings. The number of carbonyl (C=O) groups excluding carboxylic acids is 2. The smallest absolute Gasteiger partial charge is 0.407 e. The minimum atomic E-state index is -1.19. The van der Waals surface area contributed by atoms with Gasteiger partial charge in [-0.25, -0.2) is 9.59 Å². The van der Waals surface area contributed by atoms with Crippen molar-refractivity contribution in [3.63, 3.8) is 0 Å². The van der Waals surface area contributed by atoms with Crippen molar-refractivity contribution in [3.05, 3.63) is 35.4 Å². The van der Waals surface area contributed by atoms with Crippen molar-refractivity contribution in [2.24, 2.45) is 0 Å². The van der Waals surface area contributed by atoms with E-state index >= 15 is 0 Å². The predicted octanol–water partition coefficient (Wildman–Crippen LogP) is 1.39. The molecule has 30 heavy (non-hydrogen) atoms. The number of amides is 4. The second-order valence-electron chi connectivity index (χ2n) is 6.83. The topological polar surface area (TPSA) is 122 Å². The van der Waals surface area contributed by atoms with Crippen LogP contribution in [-0.4, -0.2) is 101 Å². The first-order valence-electron chi connectivity index (χ1n) is 9.70. The molecule has 0 heterocycles. The van der Waals surface area contributed by atoms with Crippen molar-refractivity contribution in [2.45, 2.75) is 20.4 Å². The summed E-state index contributed by atoms with van der Waals surface area (Å²) >= 11 is 0. The average molecular weight is 422 g/mol. The van der Waals surface area contributed by atoms with E-state index in [0.717, 1.165) is 20.9 Å². The number of hydrogen-bond acceptors (Lipinski definition) is 4. The van der Waals surface area contributed by atoms with E-state index in [4.69, 9.17) is 0 Å². The molecule has 10 nitrogen and oxygen atoms in total. The molecule has 0 aromatic heterocycles. The summed E-state index contributed by atoms with van der Waals surface area (Å²) in [5.41, 5.74) is 1.88. The van der Waals surface area contributed by atoms with Crippen LogP contribution in [0.3, 0.4) is 0 Å². The Bertz CT molecular complexity index is 697. The third-order valence-corrected chi connectivity index (χ3v) is 4.71. The Balaban J connectivity index is 2.60. The maximum atomic E-state index is 11.5. The second-order valence-corrected chi connectivity index (χ2v) is 6.83. The number of nitrogens with zero attached hydrogens (tertiary/aromatic N) is 4. The highest BCUT2D eigenvalue weighted by molar-refractivity contribution is 5.66. The molecular weight excluding hydrogens is 392 g/mol. The molecule has 10 heteroatoms. The highest BCUT2D eigenvalue weighted by Gasteiger charge is 2.18. The lowest BCUT2D eigenvalue weighted by atomic mass is 10.1. The fraction of sp³-hybridized carbons (Fsp3) is 0.500. The third-order valence-electron chi connectivity index (χ3n) is 4.71. The van der Waals surface area contributed by atoms with Gasteiger partial charge in [-0.3, -0.25) is 9.59 Å². The summed E-state index contributed by atoms with van der Waals surface area (Å²) in [5.74, 6) is 0. The monoisotopic (exact) mass is 422 g/mol. The molecule has 0 spiro atoms. The van der Waals surface area contributed by atoms with Gasteiger partial charge in [0.05, 0.1) is 0 Å². The quantitative estimate of drug-likeness (QED) is 0.437. The number of rotatable bonds is 14. The second kappa shape index (κ2) is 13.0. The van der Waals surface area contributed by atoms with Crippen molar-refractivity contribution >= 4 is 25.0 Å². The van der Waals surface area contributed by atoms with Crippen LogP contribution in [0.2, 0.25) is 0 Å². The maximum absolute atomic E-state index is 11.5. The van der Waals surface area contributed by atoms with E-state index in [-0.39, 0.29) is 39.3 Å². The summed E-state index contributed by atoms with van der Waals surface area (Å²) in [6.07, 6.45) is -1.02. The lowest BCUT2D eigenvalue weighted by Gasteiger charge is -2.27. The van der Waals surface area contributed by atoms with E-state index in [1.165, 1.54) is 9.80 Å². The Labute approximate surface area is 176 Å². The van der Waals surface area contributed by atoms with Gasteiger partial charge in [0.15, 0.2) is 0 Å². The summed E-state index contributed by atoms with van der Waals surface area (Å²) in [4.78, 5) is 50.3. The fourth-order valence-corrected chi connectivity index (χ4v) is 2.71. The standard InChI is InChI=1S/C20H30N4O6/c1-3-21(15-25)8-9-22(16-26)10-11-23(19(27)28)12-13-24(20(29)30)14-18-6-4-17(2)5-7-18/h4-7,15-16H,3,8-14H2,1-2H3,(H,27,28)(H,29,30). The first kappa shape index (κ1) is 24.7. The van der Waals surface area contributed by atoms with E-state index in [0.29, 0.717) is 25.9 Å². The zero-order valence-corrected chi connectivity index (χ0v) is 17.4. The van der Waals surface area contributed by atoms with Gasteiger partial charge in [-0.15, -0.1) is 0 Å². The number of hydrogen-bond donors (Lipinski definition) is 2. The van der Waals surface area contributed by atoms with Crippen LogP contribution in [0.15, 0.2) is 24.3 Å². The van der Waals surface area contributed by atoms with Crippen LogP contribution in [-0.2, 0) is 16.1 Å². The lowest BCUT2D eigenvalue weighted by molar-refractivity contribution is -0.121. The predicted molar refractivity (Wildman–Crippen MR) is 110 cm³/mol. The van der Waals surface area contributed by atoms with Gasteiger partial charge in [0.25, 0.3) is 0 Å². The van der Waals surface area contributed by atoms with Crippen molar-refractivity contribution < 1.29 is 29.4 Å². The molecule has 0 aliphatic rings. The van der Waals surface area contributed by atoms with Gasteiger partial charge in [-0.1, -0.05) is 29.8 Å². The first-order valence-corrected chi connectivity index (χ1v) is 9.70. The van der Waals surface area contributed by atoms with Gasteiger partial charge in [0.2, 0.25) is 12.8 Å². The summed E-state index contributed by atoms with van der Waals surface area (Å²) in [5, 5.41) is 18.9. The minimum absolute atomic E-state index is 0.00531. The summed E-state index contributed by atoms with van der Waals surface area (Å²) in [7, 11) is 0. The number of aryl methyl sites for hydroxylation is 1. The largest absolute Gasteiger partial charge is 0.465 e. The Morgan fingerprint density at radius 1 is 0.800 bits per heavy atom. The van der Waals surface area contributed by atoms with Crippen LogP contribution in [0.1, 0.15) is 18.1 Å². The molecular formula is C20H30N4O6. The van der Waals surface area contributed by atoms with E-state index in [2.05, 4.69) is 0 Å². The van der Waals surface area contributed by atoms with Crippen molar-refractivity contribution in [1.82, 2.24) is 19.6 Å². The normalized spacial score (nSPS) is 10.2. The van der Waals surface area contributed by atoms with Gasteiger partial charge in [-0.05, 0) is 19.4 Å². The van der Waals surface area contributed by atoms with Crippen LogP contribution in [0, 0.1) is 6.92 Å². The van der Waals surface area contributed by atoms with Crippen molar-refractivity contribution in [3.8, 4) is 0 Å². The first-order chi connectivity index (χ1) is 14.3. The number of benzene rings is 1. The van der Waals surface area contributed by atoms with E-state index < -0.39 is 12.2 Å². The van der Waals surface area contributed by atoms with E-state index in [1.54, 1.807) is 0 Å². The fourth-order valence-electron chi connectivity index (χ4n) is 2.71. The molecule has 0 aliphatic carbocycles. The molecule has 4 amide bonds. The third kappa shape index (κ3) is 8.80. The molecule has 1 aromatic carbocycles. The molecule has 0 saturated heterocycles. The SMILES string of the molecule is CCN(C=O)CCN(C=O)CCN(CCN(Cc1ccc(C)cc1)C(=O)O)C(=O)O. The Kier molecular flexibility index (Phi) is 10.7. The molecule has 0 unspecified atom stereocenters. The zero-order valence-electron chi connectivity index (χ0n) is 17.4. The van der Waals surface area contributed by atoms with Crippen LogP contribution < -0.4 is 0 Å². The van der Waals surface area contributed by atoms with Gasteiger partial charge >= 0.3 is 12.2 Å². The molecule has 0 atom stereocenters. The molecule has 0 saturated carbocycles. The van der Waals surface area contributed by atoms with Gasteiger partial charge in [0, 0.05) is 52.4 Å². The zero-order chi connectivity index (χ0) is 22.5. The molecule has 0 radical (unpaired) electrons. The molecule has 166 valence electrons. The highest BCUT2D eigenvalue weighted by Crippen LogP contribution is 2.08. The van der Waals surface area contributed by atoms with Crippen molar-refractivity contribution in [1.29, 1.82) is 0 Å². The van der Waals surface area contributed by atoms with Crippen molar-refractivity contribution in [2.75, 3.05) is 45.8 Å². The molecule has 0 bridgehead atoms.